The van der Waals surface area contributed by atoms with Crippen molar-refractivity contribution in [1.82, 2.24) is 0 Å². The van der Waals surface area contributed by atoms with Gasteiger partial charge < -0.3 is 14.7 Å². The first kappa shape index (κ1) is 26.0. The molecule has 2 unspecified atom stereocenters. The summed E-state index contributed by atoms with van der Waals surface area (Å²) in [4.78, 5) is 10.9. The van der Waals surface area contributed by atoms with Gasteiger partial charge in [0.1, 0.15) is 11.5 Å². The molecule has 0 fully saturated rings. The first-order valence-electron chi connectivity index (χ1n) is 10.1. The van der Waals surface area contributed by atoms with Crippen LogP contribution >= 0.6 is 31.2 Å². The van der Waals surface area contributed by atoms with E-state index in [1.807, 2.05) is 32.0 Å². The van der Waals surface area contributed by atoms with Crippen molar-refractivity contribution in [1.29, 1.82) is 0 Å². The van der Waals surface area contributed by atoms with E-state index in [4.69, 9.17) is 26.8 Å². The number of nitrogens with two attached hydrogens (primary N) is 1. The molecule has 2 atom stereocenters. The maximum absolute atomic E-state index is 11.4. The molecule has 7 nitrogen and oxygen atoms in total. The fraction of sp³-hybridized carbons (Fsp3) is 0.429. The fourth-order valence-corrected chi connectivity index (χ4v) is 4.78. The van der Waals surface area contributed by atoms with Crippen molar-refractivity contribution < 1.29 is 28.5 Å². The molecular formula is C21H29ClNO6PS. The first-order valence-corrected chi connectivity index (χ1v) is 12.7. The second-order valence-corrected chi connectivity index (χ2v) is 9.91. The lowest BCUT2D eigenvalue weighted by Crippen LogP contribution is -2.12. The zero-order valence-electron chi connectivity index (χ0n) is 17.6. The third kappa shape index (κ3) is 8.66. The summed E-state index contributed by atoms with van der Waals surface area (Å²) in [6, 6.07) is 10.9. The van der Waals surface area contributed by atoms with E-state index in [2.05, 4.69) is 4.62 Å². The molecule has 2 aromatic rings. The highest BCUT2D eigenvalue weighted by Crippen LogP contribution is 2.42. The highest BCUT2D eigenvalue weighted by atomic mass is 35.5. The topological polar surface area (TPSA) is 111 Å². The van der Waals surface area contributed by atoms with Gasteiger partial charge in [-0.25, -0.2) is 15.1 Å². The minimum absolute atomic E-state index is 0.0731. The Morgan fingerprint density at radius 2 is 1.97 bits per heavy atom. The minimum Gasteiger partial charge on any atom is -0.507 e. The monoisotopic (exact) mass is 489 g/mol. The molecule has 0 aliphatic carbocycles. The van der Waals surface area contributed by atoms with Crippen LogP contribution in [0.2, 0.25) is 5.02 Å². The van der Waals surface area contributed by atoms with Gasteiger partial charge >= 0.3 is 7.82 Å². The van der Waals surface area contributed by atoms with Crippen molar-refractivity contribution in [2.24, 2.45) is 11.8 Å². The molecule has 10 heteroatoms. The molecule has 172 valence electrons. The van der Waals surface area contributed by atoms with Gasteiger partial charge in [-0.3, -0.25) is 4.52 Å². The van der Waals surface area contributed by atoms with E-state index < -0.39 is 7.82 Å². The van der Waals surface area contributed by atoms with Crippen molar-refractivity contribution in [3.63, 3.8) is 0 Å². The quantitative estimate of drug-likeness (QED) is 0.234. The molecule has 0 spiro atoms. The number of ether oxygens (including phenoxy) is 1. The van der Waals surface area contributed by atoms with E-state index in [0.29, 0.717) is 28.7 Å². The highest BCUT2D eigenvalue weighted by molar-refractivity contribution is 7.99. The van der Waals surface area contributed by atoms with E-state index in [0.717, 1.165) is 29.7 Å². The molecule has 0 saturated heterocycles. The Kier molecular flexibility index (Phi) is 10.7. The zero-order valence-corrected chi connectivity index (χ0v) is 20.1. The lowest BCUT2D eigenvalue weighted by atomic mass is 9.96. The number of rotatable bonds is 13. The van der Waals surface area contributed by atoms with Gasteiger partial charge in [-0.05, 0) is 68.0 Å². The zero-order chi connectivity index (χ0) is 22.9. The van der Waals surface area contributed by atoms with Gasteiger partial charge in [0.05, 0.1) is 18.1 Å². The van der Waals surface area contributed by atoms with Gasteiger partial charge in [-0.15, -0.1) is 0 Å². The summed E-state index contributed by atoms with van der Waals surface area (Å²) in [7, 11) is -4.19. The molecular weight excluding hydrogens is 461 g/mol. The third-order valence-corrected chi connectivity index (χ3v) is 6.75. The van der Waals surface area contributed by atoms with Crippen LogP contribution in [0.25, 0.3) is 0 Å². The molecule has 31 heavy (non-hydrogen) atoms. The van der Waals surface area contributed by atoms with Crippen LogP contribution in [0.3, 0.4) is 0 Å². The number of aromatic hydroxyl groups is 1. The number of phosphoric acid groups is 1. The predicted octanol–water partition coefficient (Wildman–Crippen LogP) is 5.95. The van der Waals surface area contributed by atoms with Gasteiger partial charge in [-0.1, -0.05) is 42.8 Å². The smallest absolute Gasteiger partial charge is 0.488 e. The van der Waals surface area contributed by atoms with Crippen molar-refractivity contribution in [3.8, 4) is 11.5 Å². The molecule has 2 rings (SSSR count). The fourth-order valence-electron chi connectivity index (χ4n) is 3.06. The Morgan fingerprint density at radius 1 is 1.19 bits per heavy atom. The second kappa shape index (κ2) is 12.7. The Hall–Kier alpha value is -1.25. The van der Waals surface area contributed by atoms with Crippen LogP contribution in [0.5, 0.6) is 11.5 Å². The van der Waals surface area contributed by atoms with Gasteiger partial charge in [0, 0.05) is 9.92 Å². The largest absolute Gasteiger partial charge is 0.507 e. The summed E-state index contributed by atoms with van der Waals surface area (Å²) in [5.41, 5.74) is 0.974. The van der Waals surface area contributed by atoms with Gasteiger partial charge in [0.2, 0.25) is 0 Å². The maximum atomic E-state index is 11.4. The van der Waals surface area contributed by atoms with Crippen LogP contribution in [0.4, 0.5) is 0 Å². The lowest BCUT2D eigenvalue weighted by molar-refractivity contribution is 0.127. The molecule has 0 amide bonds. The van der Waals surface area contributed by atoms with Gasteiger partial charge in [-0.2, -0.15) is 0 Å². The van der Waals surface area contributed by atoms with Crippen molar-refractivity contribution in [2.75, 3.05) is 13.2 Å². The lowest BCUT2D eigenvalue weighted by Gasteiger charge is -2.18. The van der Waals surface area contributed by atoms with Crippen LogP contribution in [0.15, 0.2) is 46.2 Å². The summed E-state index contributed by atoms with van der Waals surface area (Å²) >= 11 is 7.90. The number of aryl methyl sites for hydroxylation is 1. The number of hydrogen-bond acceptors (Lipinski definition) is 7. The Balaban J connectivity index is 2.01. The van der Waals surface area contributed by atoms with Crippen LogP contribution in [0.1, 0.15) is 38.7 Å². The molecule has 2 aromatic carbocycles. The normalized spacial score (nSPS) is 14.2. The standard InChI is InChI=1S/C21H29ClNO6PS/c1-3-5-15(14-28-30(25,26)29-23)6-7-16-8-10-18(13-19(16)22)31-21-12-17(27-4-2)9-11-20(21)24/h8-13,15,24H,3-7,14,23H2,1-2H3,(H,25,26). The molecule has 0 bridgehead atoms. The summed E-state index contributed by atoms with van der Waals surface area (Å²) in [5.74, 6) is 5.72. The van der Waals surface area contributed by atoms with E-state index in [9.17, 15) is 14.6 Å². The molecule has 0 aliphatic rings. The van der Waals surface area contributed by atoms with Crippen molar-refractivity contribution in [3.05, 3.63) is 47.0 Å². The first-order chi connectivity index (χ1) is 14.8. The number of phenolic OH excluding ortho intramolecular Hbond substituents is 1. The molecule has 0 aliphatic heterocycles. The average Bonchev–Trinajstić information content (AvgIpc) is 2.74. The van der Waals surface area contributed by atoms with E-state index >= 15 is 0 Å². The van der Waals surface area contributed by atoms with E-state index in [1.54, 1.807) is 18.2 Å². The summed E-state index contributed by atoms with van der Waals surface area (Å²) in [5, 5.41) is 10.8. The van der Waals surface area contributed by atoms with E-state index in [1.165, 1.54) is 11.8 Å². The van der Waals surface area contributed by atoms with Crippen LogP contribution in [0, 0.1) is 5.92 Å². The number of phosphoric ester groups is 1. The summed E-state index contributed by atoms with van der Waals surface area (Å²) in [6.07, 6.45) is 3.19. The van der Waals surface area contributed by atoms with Crippen LogP contribution < -0.4 is 10.6 Å². The molecule has 0 saturated carbocycles. The number of phenols is 1. The Morgan fingerprint density at radius 3 is 2.61 bits per heavy atom. The maximum Gasteiger partial charge on any atom is 0.488 e. The van der Waals surface area contributed by atoms with Crippen LogP contribution in [-0.2, 0) is 20.1 Å². The highest BCUT2D eigenvalue weighted by Gasteiger charge is 2.22. The second-order valence-electron chi connectivity index (χ2n) is 6.98. The van der Waals surface area contributed by atoms with Crippen molar-refractivity contribution in [2.45, 2.75) is 49.3 Å². The number of benzene rings is 2. The summed E-state index contributed by atoms with van der Waals surface area (Å²) in [6.45, 7) is 4.58. The minimum atomic E-state index is -4.19. The SMILES string of the molecule is CCCC(CCc1ccc(Sc2cc(OCC)ccc2O)cc1Cl)COP(=O)(O)ON. The molecule has 0 aromatic heterocycles. The van der Waals surface area contributed by atoms with Crippen molar-refractivity contribution >= 4 is 31.2 Å². The average molecular weight is 490 g/mol. The Labute approximate surface area is 192 Å². The predicted molar refractivity (Wildman–Crippen MR) is 123 cm³/mol. The summed E-state index contributed by atoms with van der Waals surface area (Å²) < 4.78 is 25.8. The Bertz CT molecular complexity index is 900. The number of hydrogen-bond donors (Lipinski definition) is 3. The van der Waals surface area contributed by atoms with Crippen LogP contribution in [-0.4, -0.2) is 23.2 Å². The van der Waals surface area contributed by atoms with Gasteiger partial charge in [0.15, 0.2) is 0 Å². The third-order valence-electron chi connectivity index (χ3n) is 4.62. The molecule has 0 radical (unpaired) electrons. The number of halogens is 1. The van der Waals surface area contributed by atoms with E-state index in [-0.39, 0.29) is 18.3 Å². The van der Waals surface area contributed by atoms with Gasteiger partial charge in [0.25, 0.3) is 0 Å². The molecule has 0 heterocycles. The molecule has 4 N–H and O–H groups in total.